The fourth-order valence-electron chi connectivity index (χ4n) is 2.32. The van der Waals surface area contributed by atoms with Gasteiger partial charge in [0.2, 0.25) is 0 Å². The summed E-state index contributed by atoms with van der Waals surface area (Å²) in [7, 11) is 0. The highest BCUT2D eigenvalue weighted by atomic mass is 14.7. The van der Waals surface area contributed by atoms with Crippen molar-refractivity contribution in [1.29, 1.82) is 0 Å². The Hall–Kier alpha value is -1.44. The SMILES string of the molecule is CCc1ccc(N)c2c(CC)c(C)[nH]c12. The van der Waals surface area contributed by atoms with E-state index in [0.717, 1.165) is 18.5 Å². The van der Waals surface area contributed by atoms with E-state index in [1.807, 2.05) is 6.07 Å². The number of aromatic amines is 1. The van der Waals surface area contributed by atoms with Gasteiger partial charge in [0.25, 0.3) is 0 Å². The van der Waals surface area contributed by atoms with Crippen molar-refractivity contribution in [3.05, 3.63) is 29.0 Å². The molecule has 0 radical (unpaired) electrons. The maximum atomic E-state index is 6.05. The molecule has 3 N–H and O–H groups in total. The lowest BCUT2D eigenvalue weighted by Crippen LogP contribution is -1.91. The summed E-state index contributed by atoms with van der Waals surface area (Å²) in [5, 5.41) is 1.23. The molecule has 0 atom stereocenters. The molecule has 15 heavy (non-hydrogen) atoms. The zero-order valence-corrected chi connectivity index (χ0v) is 9.65. The van der Waals surface area contributed by atoms with Crippen molar-refractivity contribution in [2.75, 3.05) is 5.73 Å². The van der Waals surface area contributed by atoms with E-state index in [-0.39, 0.29) is 0 Å². The summed E-state index contributed by atoms with van der Waals surface area (Å²) in [5.74, 6) is 0. The first kappa shape index (κ1) is 10.1. The minimum atomic E-state index is 0.892. The lowest BCUT2D eigenvalue weighted by atomic mass is 10.0. The summed E-state index contributed by atoms with van der Waals surface area (Å²) >= 11 is 0. The number of nitrogens with two attached hydrogens (primary N) is 1. The summed E-state index contributed by atoms with van der Waals surface area (Å²) in [4.78, 5) is 3.46. The number of H-pyrrole nitrogens is 1. The number of hydrogen-bond acceptors (Lipinski definition) is 1. The zero-order valence-electron chi connectivity index (χ0n) is 9.65. The molecule has 80 valence electrons. The van der Waals surface area contributed by atoms with Crippen LogP contribution in [0.5, 0.6) is 0 Å². The Morgan fingerprint density at radius 1 is 1.20 bits per heavy atom. The van der Waals surface area contributed by atoms with E-state index in [0.29, 0.717) is 0 Å². The molecule has 0 aliphatic carbocycles. The summed E-state index contributed by atoms with van der Waals surface area (Å²) in [6.07, 6.45) is 2.07. The molecule has 0 bridgehead atoms. The van der Waals surface area contributed by atoms with Gasteiger partial charge >= 0.3 is 0 Å². The Balaban J connectivity index is 2.87. The second-order valence-electron chi connectivity index (χ2n) is 4.00. The zero-order chi connectivity index (χ0) is 11.0. The monoisotopic (exact) mass is 202 g/mol. The average molecular weight is 202 g/mol. The molecule has 2 rings (SSSR count). The first-order valence-corrected chi connectivity index (χ1v) is 5.57. The Kier molecular flexibility index (Phi) is 2.43. The molecule has 0 aliphatic heterocycles. The largest absolute Gasteiger partial charge is 0.398 e. The van der Waals surface area contributed by atoms with Gasteiger partial charge in [0, 0.05) is 16.8 Å². The van der Waals surface area contributed by atoms with E-state index < -0.39 is 0 Å². The third-order valence-corrected chi connectivity index (χ3v) is 3.13. The normalized spacial score (nSPS) is 11.1. The Labute approximate surface area is 90.5 Å². The van der Waals surface area contributed by atoms with Crippen LogP contribution in [0.25, 0.3) is 10.9 Å². The maximum Gasteiger partial charge on any atom is 0.0512 e. The van der Waals surface area contributed by atoms with Crippen LogP contribution in [-0.4, -0.2) is 4.98 Å². The van der Waals surface area contributed by atoms with Crippen molar-refractivity contribution in [2.45, 2.75) is 33.6 Å². The van der Waals surface area contributed by atoms with Gasteiger partial charge in [0.05, 0.1) is 5.52 Å². The molecular formula is C13H18N2. The van der Waals surface area contributed by atoms with Crippen molar-refractivity contribution in [2.24, 2.45) is 0 Å². The van der Waals surface area contributed by atoms with Gasteiger partial charge in [-0.25, -0.2) is 0 Å². The highest BCUT2D eigenvalue weighted by Gasteiger charge is 2.11. The first-order chi connectivity index (χ1) is 7.19. The van der Waals surface area contributed by atoms with Crippen molar-refractivity contribution >= 4 is 16.6 Å². The Morgan fingerprint density at radius 2 is 1.93 bits per heavy atom. The van der Waals surface area contributed by atoms with Crippen LogP contribution in [0.2, 0.25) is 0 Å². The minimum Gasteiger partial charge on any atom is -0.398 e. The Morgan fingerprint density at radius 3 is 2.53 bits per heavy atom. The number of aromatic nitrogens is 1. The second kappa shape index (κ2) is 3.61. The highest BCUT2D eigenvalue weighted by Crippen LogP contribution is 2.30. The standard InChI is InChI=1S/C13H18N2/c1-4-9-6-7-11(14)12-10(5-2)8(3)15-13(9)12/h6-7,15H,4-5,14H2,1-3H3. The molecule has 2 aromatic rings. The smallest absolute Gasteiger partial charge is 0.0512 e. The predicted octanol–water partition coefficient (Wildman–Crippen LogP) is 3.18. The predicted molar refractivity (Wildman–Crippen MR) is 66.2 cm³/mol. The molecule has 2 heteroatoms. The van der Waals surface area contributed by atoms with Gasteiger partial charge in [0.1, 0.15) is 0 Å². The summed E-state index contributed by atoms with van der Waals surface area (Å²) in [6.45, 7) is 6.47. The molecule has 0 unspecified atom stereocenters. The van der Waals surface area contributed by atoms with Gasteiger partial charge in [-0.05, 0) is 37.0 Å². The molecule has 0 saturated carbocycles. The van der Waals surface area contributed by atoms with Crippen LogP contribution < -0.4 is 5.73 Å². The van der Waals surface area contributed by atoms with Crippen molar-refractivity contribution < 1.29 is 0 Å². The first-order valence-electron chi connectivity index (χ1n) is 5.57. The third kappa shape index (κ3) is 1.41. The highest BCUT2D eigenvalue weighted by molar-refractivity contribution is 5.96. The topological polar surface area (TPSA) is 41.8 Å². The van der Waals surface area contributed by atoms with E-state index in [2.05, 4.69) is 31.8 Å². The number of benzene rings is 1. The van der Waals surface area contributed by atoms with Gasteiger partial charge in [0.15, 0.2) is 0 Å². The fourth-order valence-corrected chi connectivity index (χ4v) is 2.32. The van der Waals surface area contributed by atoms with E-state index in [4.69, 9.17) is 5.73 Å². The average Bonchev–Trinajstić information content (AvgIpc) is 2.56. The lowest BCUT2D eigenvalue weighted by Gasteiger charge is -2.03. The molecule has 0 amide bonds. The van der Waals surface area contributed by atoms with E-state index in [1.165, 1.54) is 27.7 Å². The second-order valence-corrected chi connectivity index (χ2v) is 4.00. The van der Waals surface area contributed by atoms with Crippen LogP contribution >= 0.6 is 0 Å². The molecule has 1 aromatic carbocycles. The van der Waals surface area contributed by atoms with Gasteiger partial charge in [-0.1, -0.05) is 19.9 Å². The molecule has 0 spiro atoms. The Bertz CT molecular complexity index is 495. The van der Waals surface area contributed by atoms with Gasteiger partial charge in [-0.3, -0.25) is 0 Å². The van der Waals surface area contributed by atoms with E-state index in [1.54, 1.807) is 0 Å². The van der Waals surface area contributed by atoms with E-state index in [9.17, 15) is 0 Å². The molecular weight excluding hydrogens is 184 g/mol. The van der Waals surface area contributed by atoms with E-state index >= 15 is 0 Å². The molecule has 2 nitrogen and oxygen atoms in total. The van der Waals surface area contributed by atoms with Crippen LogP contribution in [0, 0.1) is 6.92 Å². The summed E-state index contributed by atoms with van der Waals surface area (Å²) in [5.41, 5.74) is 12.1. The number of anilines is 1. The van der Waals surface area contributed by atoms with Gasteiger partial charge < -0.3 is 10.7 Å². The van der Waals surface area contributed by atoms with Crippen LogP contribution in [0.1, 0.15) is 30.7 Å². The number of hydrogen-bond donors (Lipinski definition) is 2. The van der Waals surface area contributed by atoms with Gasteiger partial charge in [-0.2, -0.15) is 0 Å². The fraction of sp³-hybridized carbons (Fsp3) is 0.385. The number of fused-ring (bicyclic) bond motifs is 1. The van der Waals surface area contributed by atoms with Crippen molar-refractivity contribution in [3.63, 3.8) is 0 Å². The third-order valence-electron chi connectivity index (χ3n) is 3.13. The molecule has 0 aliphatic rings. The molecule has 1 aromatic heterocycles. The van der Waals surface area contributed by atoms with Crippen LogP contribution in [0.3, 0.4) is 0 Å². The van der Waals surface area contributed by atoms with Crippen LogP contribution in [-0.2, 0) is 12.8 Å². The lowest BCUT2D eigenvalue weighted by molar-refractivity contribution is 1.10. The number of aryl methyl sites for hydroxylation is 3. The number of nitrogens with one attached hydrogen (secondary N) is 1. The number of nitrogen functional groups attached to an aromatic ring is 1. The molecule has 0 fully saturated rings. The summed E-state index contributed by atoms with van der Waals surface area (Å²) < 4.78 is 0. The van der Waals surface area contributed by atoms with Crippen LogP contribution in [0.15, 0.2) is 12.1 Å². The minimum absolute atomic E-state index is 0.892. The van der Waals surface area contributed by atoms with Crippen molar-refractivity contribution in [1.82, 2.24) is 4.98 Å². The maximum absolute atomic E-state index is 6.05. The molecule has 1 heterocycles. The molecule has 0 saturated heterocycles. The number of rotatable bonds is 2. The van der Waals surface area contributed by atoms with Crippen LogP contribution in [0.4, 0.5) is 5.69 Å². The van der Waals surface area contributed by atoms with Crippen molar-refractivity contribution in [3.8, 4) is 0 Å². The summed E-state index contributed by atoms with van der Waals surface area (Å²) in [6, 6.07) is 4.14. The van der Waals surface area contributed by atoms with Gasteiger partial charge in [-0.15, -0.1) is 0 Å². The quantitative estimate of drug-likeness (QED) is 0.721.